The fraction of sp³-hybridized carbons (Fsp3) is 0.0870. The summed E-state index contributed by atoms with van der Waals surface area (Å²) in [6.45, 7) is 1.29. The lowest BCUT2D eigenvalue weighted by Gasteiger charge is -2.12. The summed E-state index contributed by atoms with van der Waals surface area (Å²) in [5.74, 6) is -1.58. The first-order valence-electron chi connectivity index (χ1n) is 9.13. The topological polar surface area (TPSA) is 84.5 Å². The lowest BCUT2D eigenvalue weighted by molar-refractivity contribution is -0.119. The van der Waals surface area contributed by atoms with Gasteiger partial charge in [-0.2, -0.15) is 0 Å². The van der Waals surface area contributed by atoms with Crippen LogP contribution in [0.2, 0.25) is 5.02 Å². The molecule has 7 heteroatoms. The number of nitrogens with one attached hydrogen (secondary N) is 2. The second-order valence-corrected chi connectivity index (χ2v) is 6.81. The SMILES string of the molecule is Cc1c(Cl)cccc1NC(=O)COC(=O)c1ccccc1NC(=O)c1ccccc1. The minimum atomic E-state index is -0.725. The molecule has 0 aliphatic carbocycles. The standard InChI is InChI=1S/C23H19ClN2O4/c1-15-18(24)11-7-13-19(15)25-21(27)14-30-23(29)17-10-5-6-12-20(17)26-22(28)16-8-3-2-4-9-16/h2-13H,14H2,1H3,(H,25,27)(H,26,28). The third kappa shape index (κ3) is 5.24. The first-order valence-corrected chi connectivity index (χ1v) is 9.51. The van der Waals surface area contributed by atoms with Crippen LogP contribution in [0.5, 0.6) is 0 Å². The zero-order valence-corrected chi connectivity index (χ0v) is 16.9. The second kappa shape index (κ2) is 9.71. The van der Waals surface area contributed by atoms with E-state index in [0.29, 0.717) is 27.5 Å². The lowest BCUT2D eigenvalue weighted by atomic mass is 10.1. The van der Waals surface area contributed by atoms with Gasteiger partial charge in [-0.25, -0.2) is 4.79 Å². The van der Waals surface area contributed by atoms with Gasteiger partial charge in [0.25, 0.3) is 11.8 Å². The molecule has 0 fully saturated rings. The second-order valence-electron chi connectivity index (χ2n) is 6.40. The van der Waals surface area contributed by atoms with E-state index in [2.05, 4.69) is 10.6 Å². The molecule has 0 bridgehead atoms. The highest BCUT2D eigenvalue weighted by molar-refractivity contribution is 6.31. The van der Waals surface area contributed by atoms with E-state index < -0.39 is 18.5 Å². The fourth-order valence-electron chi connectivity index (χ4n) is 2.69. The van der Waals surface area contributed by atoms with Crippen molar-refractivity contribution in [3.63, 3.8) is 0 Å². The molecule has 3 aromatic rings. The highest BCUT2D eigenvalue weighted by Crippen LogP contribution is 2.23. The smallest absolute Gasteiger partial charge is 0.340 e. The van der Waals surface area contributed by atoms with Gasteiger partial charge >= 0.3 is 5.97 Å². The van der Waals surface area contributed by atoms with Crippen LogP contribution in [0.3, 0.4) is 0 Å². The molecule has 0 spiro atoms. The molecule has 0 saturated carbocycles. The highest BCUT2D eigenvalue weighted by Gasteiger charge is 2.17. The van der Waals surface area contributed by atoms with E-state index in [1.807, 2.05) is 0 Å². The average molecular weight is 423 g/mol. The Hall–Kier alpha value is -3.64. The van der Waals surface area contributed by atoms with Crippen LogP contribution in [0.15, 0.2) is 72.8 Å². The van der Waals surface area contributed by atoms with E-state index >= 15 is 0 Å². The molecule has 0 aliphatic heterocycles. The maximum Gasteiger partial charge on any atom is 0.340 e. The predicted octanol–water partition coefficient (Wildman–Crippen LogP) is 4.70. The van der Waals surface area contributed by atoms with Gasteiger partial charge in [-0.15, -0.1) is 0 Å². The van der Waals surface area contributed by atoms with Crippen molar-refractivity contribution in [2.24, 2.45) is 0 Å². The van der Waals surface area contributed by atoms with Gasteiger partial charge in [0.05, 0.1) is 11.3 Å². The van der Waals surface area contributed by atoms with E-state index in [9.17, 15) is 14.4 Å². The summed E-state index contributed by atoms with van der Waals surface area (Å²) in [6, 6.07) is 20.2. The minimum absolute atomic E-state index is 0.147. The summed E-state index contributed by atoms with van der Waals surface area (Å²) in [4.78, 5) is 37.0. The van der Waals surface area contributed by atoms with Crippen molar-refractivity contribution in [1.82, 2.24) is 0 Å². The Bertz CT molecular complexity index is 1080. The van der Waals surface area contributed by atoms with Gasteiger partial charge in [-0.1, -0.05) is 48.0 Å². The summed E-state index contributed by atoms with van der Waals surface area (Å²) in [6.07, 6.45) is 0. The Morgan fingerprint density at radius 3 is 2.27 bits per heavy atom. The van der Waals surface area contributed by atoms with Crippen LogP contribution in [0.1, 0.15) is 26.3 Å². The van der Waals surface area contributed by atoms with Crippen molar-refractivity contribution < 1.29 is 19.1 Å². The Morgan fingerprint density at radius 1 is 0.833 bits per heavy atom. The van der Waals surface area contributed by atoms with Crippen LogP contribution in [0.4, 0.5) is 11.4 Å². The van der Waals surface area contributed by atoms with Gasteiger partial charge in [0.15, 0.2) is 6.61 Å². The molecule has 152 valence electrons. The maximum atomic E-state index is 12.5. The molecule has 0 unspecified atom stereocenters. The molecule has 0 heterocycles. The molecule has 0 aliphatic rings. The van der Waals surface area contributed by atoms with E-state index in [0.717, 1.165) is 0 Å². The van der Waals surface area contributed by atoms with E-state index in [-0.39, 0.29) is 11.5 Å². The number of carbonyl (C=O) groups excluding carboxylic acids is 3. The van der Waals surface area contributed by atoms with Gasteiger partial charge < -0.3 is 15.4 Å². The Labute approximate surface area is 178 Å². The van der Waals surface area contributed by atoms with Crippen molar-refractivity contribution in [3.8, 4) is 0 Å². The van der Waals surface area contributed by atoms with Gasteiger partial charge in [-0.3, -0.25) is 9.59 Å². The first kappa shape index (κ1) is 21.1. The van der Waals surface area contributed by atoms with Gasteiger partial charge in [0.2, 0.25) is 0 Å². The van der Waals surface area contributed by atoms with Gasteiger partial charge in [0, 0.05) is 16.3 Å². The average Bonchev–Trinajstić information content (AvgIpc) is 2.76. The van der Waals surface area contributed by atoms with Crippen LogP contribution in [0.25, 0.3) is 0 Å². The number of rotatable bonds is 6. The number of halogens is 1. The molecule has 30 heavy (non-hydrogen) atoms. The lowest BCUT2D eigenvalue weighted by Crippen LogP contribution is -2.22. The number of para-hydroxylation sites is 1. The van der Waals surface area contributed by atoms with Crippen LogP contribution in [0, 0.1) is 6.92 Å². The van der Waals surface area contributed by atoms with Crippen LogP contribution in [-0.2, 0) is 9.53 Å². The first-order chi connectivity index (χ1) is 14.5. The number of benzene rings is 3. The molecular weight excluding hydrogens is 404 g/mol. The molecule has 0 aromatic heterocycles. The molecule has 2 N–H and O–H groups in total. The summed E-state index contributed by atoms with van der Waals surface area (Å²) in [5, 5.41) is 5.87. The number of amides is 2. The zero-order valence-electron chi connectivity index (χ0n) is 16.1. The molecule has 0 saturated heterocycles. The Balaban J connectivity index is 1.64. The summed E-state index contributed by atoms with van der Waals surface area (Å²) in [5.41, 5.74) is 2.15. The number of anilines is 2. The van der Waals surface area contributed by atoms with Crippen molar-refractivity contribution in [3.05, 3.63) is 94.5 Å². The van der Waals surface area contributed by atoms with Crippen LogP contribution >= 0.6 is 11.6 Å². The molecule has 2 amide bonds. The number of ether oxygens (including phenoxy) is 1. The Kier molecular flexibility index (Phi) is 6.83. The Morgan fingerprint density at radius 2 is 1.50 bits per heavy atom. The number of esters is 1. The van der Waals surface area contributed by atoms with Crippen molar-refractivity contribution >= 4 is 40.8 Å². The van der Waals surface area contributed by atoms with Gasteiger partial charge in [-0.05, 0) is 48.9 Å². The third-order valence-corrected chi connectivity index (χ3v) is 4.72. The van der Waals surface area contributed by atoms with Gasteiger partial charge in [0.1, 0.15) is 0 Å². The van der Waals surface area contributed by atoms with Crippen LogP contribution in [-0.4, -0.2) is 24.4 Å². The molecule has 3 aromatic carbocycles. The molecule has 3 rings (SSSR count). The van der Waals surface area contributed by atoms with E-state index in [1.165, 1.54) is 6.07 Å². The van der Waals surface area contributed by atoms with Crippen molar-refractivity contribution in [1.29, 1.82) is 0 Å². The maximum absolute atomic E-state index is 12.5. The van der Waals surface area contributed by atoms with Crippen molar-refractivity contribution in [2.75, 3.05) is 17.2 Å². The third-order valence-electron chi connectivity index (χ3n) is 4.31. The largest absolute Gasteiger partial charge is 0.452 e. The number of carbonyl (C=O) groups is 3. The quantitative estimate of drug-likeness (QED) is 0.564. The fourth-order valence-corrected chi connectivity index (χ4v) is 2.87. The molecular formula is C23H19ClN2O4. The normalized spacial score (nSPS) is 10.2. The van der Waals surface area contributed by atoms with Crippen molar-refractivity contribution in [2.45, 2.75) is 6.92 Å². The molecule has 0 radical (unpaired) electrons. The van der Waals surface area contributed by atoms with E-state index in [1.54, 1.807) is 73.7 Å². The molecule has 0 atom stereocenters. The zero-order chi connectivity index (χ0) is 21.5. The summed E-state index contributed by atoms with van der Waals surface area (Å²) >= 11 is 6.04. The molecule has 6 nitrogen and oxygen atoms in total. The summed E-state index contributed by atoms with van der Waals surface area (Å²) < 4.78 is 5.12. The number of hydrogen-bond donors (Lipinski definition) is 2. The number of hydrogen-bond acceptors (Lipinski definition) is 4. The summed E-state index contributed by atoms with van der Waals surface area (Å²) in [7, 11) is 0. The highest BCUT2D eigenvalue weighted by atomic mass is 35.5. The van der Waals surface area contributed by atoms with Crippen LogP contribution < -0.4 is 10.6 Å². The minimum Gasteiger partial charge on any atom is -0.452 e. The monoisotopic (exact) mass is 422 g/mol. The van der Waals surface area contributed by atoms with E-state index in [4.69, 9.17) is 16.3 Å². The predicted molar refractivity (Wildman–Crippen MR) is 116 cm³/mol.